The van der Waals surface area contributed by atoms with Crippen molar-refractivity contribution in [1.82, 2.24) is 0 Å². The standard InChI is InChI=1S/C18H16Cl2NO4P/c1-26(23,24)10-21-11-8-14(19)18(15(20)9-11)25-17-7-6-16(22)12-4-2-3-5-13(12)17/h2-9,21-22H,10H2,1H3,(H,23,24). The molecule has 0 bridgehead atoms. The maximum Gasteiger partial charge on any atom is 0.216 e. The number of benzene rings is 3. The molecular formula is C18H16Cl2NO4P. The van der Waals surface area contributed by atoms with Crippen LogP contribution < -0.4 is 10.1 Å². The third-order valence-corrected chi connectivity index (χ3v) is 4.95. The van der Waals surface area contributed by atoms with Crippen molar-refractivity contribution < 1.29 is 19.3 Å². The summed E-state index contributed by atoms with van der Waals surface area (Å²) in [7, 11) is -3.21. The van der Waals surface area contributed by atoms with Crippen LogP contribution in [-0.4, -0.2) is 23.0 Å². The van der Waals surface area contributed by atoms with Crippen LogP contribution in [0.1, 0.15) is 0 Å². The van der Waals surface area contributed by atoms with Crippen LogP contribution in [0.5, 0.6) is 17.2 Å². The van der Waals surface area contributed by atoms with Gasteiger partial charge in [0.2, 0.25) is 7.37 Å². The molecule has 136 valence electrons. The van der Waals surface area contributed by atoms with Crippen LogP contribution in [0, 0.1) is 0 Å². The number of ether oxygens (including phenoxy) is 1. The Balaban J connectivity index is 1.94. The Labute approximate surface area is 160 Å². The highest BCUT2D eigenvalue weighted by Gasteiger charge is 2.15. The fourth-order valence-corrected chi connectivity index (χ4v) is 3.49. The van der Waals surface area contributed by atoms with Crippen LogP contribution in [0.25, 0.3) is 10.8 Å². The number of nitrogens with one attached hydrogen (secondary N) is 1. The Bertz CT molecular complexity index is 996. The van der Waals surface area contributed by atoms with E-state index in [2.05, 4.69) is 5.32 Å². The normalized spacial score (nSPS) is 13.4. The fourth-order valence-electron chi connectivity index (χ4n) is 2.45. The van der Waals surface area contributed by atoms with Crippen molar-refractivity contribution >= 4 is 47.0 Å². The first-order valence-electron chi connectivity index (χ1n) is 7.65. The minimum Gasteiger partial charge on any atom is -0.507 e. The van der Waals surface area contributed by atoms with E-state index in [0.717, 1.165) is 0 Å². The molecule has 0 spiro atoms. The van der Waals surface area contributed by atoms with Gasteiger partial charge < -0.3 is 20.1 Å². The van der Waals surface area contributed by atoms with Gasteiger partial charge in [0.05, 0.1) is 16.3 Å². The first kappa shape index (κ1) is 18.9. The summed E-state index contributed by atoms with van der Waals surface area (Å²) < 4.78 is 17.3. The van der Waals surface area contributed by atoms with Gasteiger partial charge in [-0.15, -0.1) is 0 Å². The molecule has 0 aliphatic rings. The zero-order chi connectivity index (χ0) is 18.9. The maximum absolute atomic E-state index is 11.4. The molecule has 1 unspecified atom stereocenters. The summed E-state index contributed by atoms with van der Waals surface area (Å²) in [6.07, 6.45) is -0.0948. The van der Waals surface area contributed by atoms with Gasteiger partial charge in [-0.05, 0) is 24.3 Å². The Morgan fingerprint density at radius 1 is 1.08 bits per heavy atom. The topological polar surface area (TPSA) is 78.8 Å². The largest absolute Gasteiger partial charge is 0.507 e. The molecule has 1 atom stereocenters. The minimum atomic E-state index is -3.21. The van der Waals surface area contributed by atoms with Gasteiger partial charge in [0.1, 0.15) is 11.5 Å². The molecule has 0 heterocycles. The average molecular weight is 412 g/mol. The summed E-state index contributed by atoms with van der Waals surface area (Å²) in [4.78, 5) is 9.37. The van der Waals surface area contributed by atoms with E-state index in [1.54, 1.807) is 24.3 Å². The van der Waals surface area contributed by atoms with E-state index < -0.39 is 7.37 Å². The van der Waals surface area contributed by atoms with Gasteiger partial charge in [0.25, 0.3) is 0 Å². The fraction of sp³-hybridized carbons (Fsp3) is 0.111. The molecule has 0 aliphatic heterocycles. The quantitative estimate of drug-likeness (QED) is 0.454. The van der Waals surface area contributed by atoms with Crippen LogP contribution in [-0.2, 0) is 4.57 Å². The molecule has 26 heavy (non-hydrogen) atoms. The summed E-state index contributed by atoms with van der Waals surface area (Å²) in [5.74, 6) is 0.910. The molecule has 3 N–H and O–H groups in total. The lowest BCUT2D eigenvalue weighted by Gasteiger charge is -2.15. The number of aromatic hydroxyl groups is 1. The summed E-state index contributed by atoms with van der Waals surface area (Å²) >= 11 is 12.6. The van der Waals surface area contributed by atoms with E-state index in [1.807, 2.05) is 18.2 Å². The lowest BCUT2D eigenvalue weighted by atomic mass is 10.1. The Morgan fingerprint density at radius 2 is 1.69 bits per heavy atom. The van der Waals surface area contributed by atoms with Crippen LogP contribution in [0.15, 0.2) is 48.5 Å². The smallest absolute Gasteiger partial charge is 0.216 e. The van der Waals surface area contributed by atoms with Gasteiger partial charge >= 0.3 is 0 Å². The molecule has 3 aromatic rings. The zero-order valence-corrected chi connectivity index (χ0v) is 16.1. The number of anilines is 1. The highest BCUT2D eigenvalue weighted by atomic mass is 35.5. The molecule has 0 amide bonds. The van der Waals surface area contributed by atoms with E-state index >= 15 is 0 Å². The number of halogens is 2. The second-order valence-electron chi connectivity index (χ2n) is 5.89. The van der Waals surface area contributed by atoms with Crippen LogP contribution in [0.3, 0.4) is 0 Å². The molecule has 3 aromatic carbocycles. The number of hydrogen-bond donors (Lipinski definition) is 3. The van der Waals surface area contributed by atoms with Gasteiger partial charge in [0, 0.05) is 23.1 Å². The molecule has 8 heteroatoms. The van der Waals surface area contributed by atoms with Crippen molar-refractivity contribution in [2.75, 3.05) is 18.3 Å². The van der Waals surface area contributed by atoms with Gasteiger partial charge in [-0.1, -0.05) is 47.5 Å². The van der Waals surface area contributed by atoms with Gasteiger partial charge in [-0.25, -0.2) is 0 Å². The molecule has 0 aliphatic carbocycles. The zero-order valence-electron chi connectivity index (χ0n) is 13.7. The van der Waals surface area contributed by atoms with Crippen molar-refractivity contribution in [3.8, 4) is 17.2 Å². The lowest BCUT2D eigenvalue weighted by molar-refractivity contribution is 0.473. The molecule has 3 rings (SSSR count). The van der Waals surface area contributed by atoms with Crippen molar-refractivity contribution in [3.05, 3.63) is 58.6 Å². The number of fused-ring (bicyclic) bond motifs is 1. The number of phenolic OH excluding ortho intramolecular Hbond substituents is 1. The van der Waals surface area contributed by atoms with Crippen LogP contribution in [0.2, 0.25) is 10.0 Å². The third kappa shape index (κ3) is 4.25. The average Bonchev–Trinajstić information content (AvgIpc) is 2.58. The van der Waals surface area contributed by atoms with Crippen LogP contribution >= 0.6 is 30.6 Å². The van der Waals surface area contributed by atoms with E-state index in [1.165, 1.54) is 12.7 Å². The Kier molecular flexibility index (Phi) is 5.35. The Hall–Kier alpha value is -1.91. The summed E-state index contributed by atoms with van der Waals surface area (Å²) in [6.45, 7) is 1.26. The first-order chi connectivity index (χ1) is 12.2. The highest BCUT2D eigenvalue weighted by molar-refractivity contribution is 7.57. The van der Waals surface area contributed by atoms with Crippen molar-refractivity contribution in [1.29, 1.82) is 0 Å². The number of phenols is 1. The molecule has 0 saturated heterocycles. The SMILES string of the molecule is CP(=O)(O)CNc1cc(Cl)c(Oc2ccc(O)c3ccccc23)c(Cl)c1. The molecular weight excluding hydrogens is 396 g/mol. The molecule has 0 saturated carbocycles. The van der Waals surface area contributed by atoms with Crippen molar-refractivity contribution in [2.24, 2.45) is 0 Å². The van der Waals surface area contributed by atoms with Gasteiger partial charge in [-0.3, -0.25) is 4.57 Å². The molecule has 0 radical (unpaired) electrons. The minimum absolute atomic E-state index is 0.0948. The van der Waals surface area contributed by atoms with E-state index in [4.69, 9.17) is 27.9 Å². The Morgan fingerprint density at radius 3 is 2.31 bits per heavy atom. The second-order valence-corrected chi connectivity index (χ2v) is 9.12. The summed E-state index contributed by atoms with van der Waals surface area (Å²) in [6, 6.07) is 13.6. The molecule has 0 aromatic heterocycles. The number of hydrogen-bond acceptors (Lipinski definition) is 4. The first-order valence-corrected chi connectivity index (χ1v) is 10.7. The lowest BCUT2D eigenvalue weighted by Crippen LogP contribution is -2.02. The van der Waals surface area contributed by atoms with Gasteiger partial charge in [0.15, 0.2) is 5.75 Å². The molecule has 0 fully saturated rings. The van der Waals surface area contributed by atoms with Crippen LogP contribution in [0.4, 0.5) is 5.69 Å². The monoisotopic (exact) mass is 411 g/mol. The molecule has 5 nitrogen and oxygen atoms in total. The highest BCUT2D eigenvalue weighted by Crippen LogP contribution is 2.42. The van der Waals surface area contributed by atoms with Crippen molar-refractivity contribution in [3.63, 3.8) is 0 Å². The third-order valence-electron chi connectivity index (χ3n) is 3.65. The predicted molar refractivity (Wildman–Crippen MR) is 106 cm³/mol. The van der Waals surface area contributed by atoms with Gasteiger partial charge in [-0.2, -0.15) is 0 Å². The predicted octanol–water partition coefficient (Wildman–Crippen LogP) is 5.91. The van der Waals surface area contributed by atoms with E-state index in [9.17, 15) is 14.6 Å². The maximum atomic E-state index is 11.4. The van der Waals surface area contributed by atoms with E-state index in [-0.39, 0.29) is 27.8 Å². The summed E-state index contributed by atoms with van der Waals surface area (Å²) in [5, 5.41) is 14.7. The second kappa shape index (κ2) is 7.37. The number of rotatable bonds is 5. The van der Waals surface area contributed by atoms with E-state index in [0.29, 0.717) is 22.2 Å². The summed E-state index contributed by atoms with van der Waals surface area (Å²) in [5.41, 5.74) is 0.513. The van der Waals surface area contributed by atoms with Crippen molar-refractivity contribution in [2.45, 2.75) is 0 Å².